The van der Waals surface area contributed by atoms with Crippen molar-refractivity contribution in [3.05, 3.63) is 41.9 Å². The number of hydrogen-bond acceptors (Lipinski definition) is 5. The summed E-state index contributed by atoms with van der Waals surface area (Å²) in [5.74, 6) is -0.273. The highest BCUT2D eigenvalue weighted by atomic mass is 16.5. The molecule has 0 atom stereocenters. The lowest BCUT2D eigenvalue weighted by molar-refractivity contribution is 0.0946. The molecule has 2 aromatic heterocycles. The van der Waals surface area contributed by atoms with Crippen LogP contribution in [0.15, 0.2) is 30.6 Å². The predicted octanol–water partition coefficient (Wildman–Crippen LogP) is 1.17. The molecule has 0 aliphatic carbocycles. The number of anilines is 1. The number of carbonyl (C=O) groups excluding carboxylic acids is 1. The second-order valence-electron chi connectivity index (χ2n) is 4.50. The van der Waals surface area contributed by atoms with Crippen molar-refractivity contribution in [2.45, 2.75) is 13.5 Å². The van der Waals surface area contributed by atoms with Crippen LogP contribution in [0.3, 0.4) is 0 Å². The van der Waals surface area contributed by atoms with Crippen LogP contribution in [0, 0.1) is 11.3 Å². The summed E-state index contributed by atoms with van der Waals surface area (Å²) < 4.78 is 7.22. The predicted molar refractivity (Wildman–Crippen MR) is 81.3 cm³/mol. The standard InChI is InChI=1S/C15H17N5O2/c1-2-22-15-11(10-16)12(17)9-13(19-15)14(21)18-5-8-20-6-3-4-7-20/h3-4,6-7,9H,2,5,8H2,1H3,(H2,17,19)(H,18,21). The number of amides is 1. The molecule has 0 saturated heterocycles. The molecule has 0 spiro atoms. The number of hydrogen-bond donors (Lipinski definition) is 2. The molecule has 1 amide bonds. The summed E-state index contributed by atoms with van der Waals surface area (Å²) in [5.41, 5.74) is 6.23. The second-order valence-corrected chi connectivity index (χ2v) is 4.50. The van der Waals surface area contributed by atoms with Crippen molar-refractivity contribution < 1.29 is 9.53 Å². The van der Waals surface area contributed by atoms with Gasteiger partial charge in [0.25, 0.3) is 5.91 Å². The molecule has 2 aromatic rings. The van der Waals surface area contributed by atoms with E-state index in [2.05, 4.69) is 10.3 Å². The first-order chi connectivity index (χ1) is 10.7. The number of pyridine rings is 1. The van der Waals surface area contributed by atoms with E-state index in [0.29, 0.717) is 19.7 Å². The lowest BCUT2D eigenvalue weighted by Crippen LogP contribution is -2.28. The van der Waals surface area contributed by atoms with Gasteiger partial charge in [0.2, 0.25) is 5.88 Å². The number of nitrogens with two attached hydrogens (primary N) is 1. The van der Waals surface area contributed by atoms with Crippen LogP contribution in [0.5, 0.6) is 5.88 Å². The first-order valence-corrected chi connectivity index (χ1v) is 6.88. The highest BCUT2D eigenvalue weighted by Gasteiger charge is 2.15. The number of nitrogens with one attached hydrogen (secondary N) is 1. The third-order valence-electron chi connectivity index (χ3n) is 2.96. The number of aromatic nitrogens is 2. The Morgan fingerprint density at radius 2 is 2.23 bits per heavy atom. The third kappa shape index (κ3) is 3.55. The molecular weight excluding hydrogens is 282 g/mol. The average molecular weight is 299 g/mol. The lowest BCUT2D eigenvalue weighted by Gasteiger charge is -2.10. The fraction of sp³-hybridized carbons (Fsp3) is 0.267. The monoisotopic (exact) mass is 299 g/mol. The molecule has 0 aromatic carbocycles. The van der Waals surface area contributed by atoms with Gasteiger partial charge in [0, 0.05) is 25.5 Å². The number of nitrogens with zero attached hydrogens (tertiary/aromatic N) is 3. The van der Waals surface area contributed by atoms with Crippen LogP contribution < -0.4 is 15.8 Å². The first-order valence-electron chi connectivity index (χ1n) is 6.88. The molecule has 2 rings (SSSR count). The molecule has 0 radical (unpaired) electrons. The van der Waals surface area contributed by atoms with E-state index in [1.54, 1.807) is 6.92 Å². The molecule has 22 heavy (non-hydrogen) atoms. The zero-order valence-electron chi connectivity index (χ0n) is 12.2. The largest absolute Gasteiger partial charge is 0.477 e. The van der Waals surface area contributed by atoms with Crippen molar-refractivity contribution in [2.75, 3.05) is 18.9 Å². The fourth-order valence-electron chi connectivity index (χ4n) is 1.92. The van der Waals surface area contributed by atoms with Gasteiger partial charge in [-0.2, -0.15) is 5.26 Å². The Hall–Kier alpha value is -3.01. The Morgan fingerprint density at radius 1 is 1.50 bits per heavy atom. The van der Waals surface area contributed by atoms with Crippen LogP contribution in [0.2, 0.25) is 0 Å². The maximum atomic E-state index is 12.1. The minimum absolute atomic E-state index is 0.0839. The molecule has 0 fully saturated rings. The van der Waals surface area contributed by atoms with E-state index in [1.165, 1.54) is 6.07 Å². The molecule has 3 N–H and O–H groups in total. The van der Waals surface area contributed by atoms with Crippen molar-refractivity contribution in [1.82, 2.24) is 14.9 Å². The van der Waals surface area contributed by atoms with E-state index >= 15 is 0 Å². The van der Waals surface area contributed by atoms with Crippen molar-refractivity contribution in [3.63, 3.8) is 0 Å². The third-order valence-corrected chi connectivity index (χ3v) is 2.96. The summed E-state index contributed by atoms with van der Waals surface area (Å²) in [7, 11) is 0. The fourth-order valence-corrected chi connectivity index (χ4v) is 1.92. The minimum atomic E-state index is -0.357. The Bertz CT molecular complexity index is 689. The van der Waals surface area contributed by atoms with Gasteiger partial charge in [0.15, 0.2) is 0 Å². The molecule has 0 saturated carbocycles. The van der Waals surface area contributed by atoms with Crippen molar-refractivity contribution >= 4 is 11.6 Å². The molecular formula is C15H17N5O2. The molecule has 0 aliphatic heterocycles. The highest BCUT2D eigenvalue weighted by Crippen LogP contribution is 2.22. The van der Waals surface area contributed by atoms with E-state index in [0.717, 1.165) is 0 Å². The summed E-state index contributed by atoms with van der Waals surface area (Å²) >= 11 is 0. The van der Waals surface area contributed by atoms with Crippen molar-refractivity contribution in [1.29, 1.82) is 5.26 Å². The zero-order valence-corrected chi connectivity index (χ0v) is 12.2. The van der Waals surface area contributed by atoms with Gasteiger partial charge in [-0.15, -0.1) is 0 Å². The van der Waals surface area contributed by atoms with E-state index in [9.17, 15) is 4.79 Å². The number of nitrogen functional groups attached to an aromatic ring is 1. The topological polar surface area (TPSA) is 106 Å². The van der Waals surface area contributed by atoms with Crippen LogP contribution in [-0.2, 0) is 6.54 Å². The normalized spacial score (nSPS) is 10.0. The van der Waals surface area contributed by atoms with E-state index in [1.807, 2.05) is 35.2 Å². The van der Waals surface area contributed by atoms with Gasteiger partial charge < -0.3 is 20.4 Å². The van der Waals surface area contributed by atoms with Crippen molar-refractivity contribution in [2.24, 2.45) is 0 Å². The van der Waals surface area contributed by atoms with E-state index in [4.69, 9.17) is 15.7 Å². The molecule has 7 heteroatoms. The molecule has 0 bridgehead atoms. The Kier molecular flexibility index (Phi) is 4.98. The van der Waals surface area contributed by atoms with Crippen LogP contribution in [0.4, 0.5) is 5.69 Å². The van der Waals surface area contributed by atoms with Gasteiger partial charge in [0.1, 0.15) is 17.3 Å². The van der Waals surface area contributed by atoms with Crippen LogP contribution in [0.1, 0.15) is 23.0 Å². The maximum absolute atomic E-state index is 12.1. The Morgan fingerprint density at radius 3 is 2.86 bits per heavy atom. The number of rotatable bonds is 6. The van der Waals surface area contributed by atoms with Crippen LogP contribution >= 0.6 is 0 Å². The average Bonchev–Trinajstić information content (AvgIpc) is 3.00. The summed E-state index contributed by atoms with van der Waals surface area (Å²) in [6.07, 6.45) is 3.83. The van der Waals surface area contributed by atoms with E-state index < -0.39 is 0 Å². The van der Waals surface area contributed by atoms with Gasteiger partial charge in [-0.3, -0.25) is 4.79 Å². The Balaban J connectivity index is 2.07. The van der Waals surface area contributed by atoms with Crippen molar-refractivity contribution in [3.8, 4) is 11.9 Å². The number of carbonyl (C=O) groups is 1. The van der Waals surface area contributed by atoms with Gasteiger partial charge in [-0.05, 0) is 25.1 Å². The number of ether oxygens (including phenoxy) is 1. The second kappa shape index (κ2) is 7.13. The quantitative estimate of drug-likeness (QED) is 0.832. The first kappa shape index (κ1) is 15.4. The molecule has 2 heterocycles. The highest BCUT2D eigenvalue weighted by molar-refractivity contribution is 5.93. The maximum Gasteiger partial charge on any atom is 0.270 e. The molecule has 0 unspecified atom stereocenters. The van der Waals surface area contributed by atoms with Crippen LogP contribution in [-0.4, -0.2) is 28.6 Å². The van der Waals surface area contributed by atoms with Gasteiger partial charge in [-0.1, -0.05) is 0 Å². The summed E-state index contributed by atoms with van der Waals surface area (Å²) in [4.78, 5) is 16.2. The SMILES string of the molecule is CCOc1nc(C(=O)NCCn2cccc2)cc(N)c1C#N. The zero-order chi connectivity index (χ0) is 15.9. The van der Waals surface area contributed by atoms with Gasteiger partial charge in [0.05, 0.1) is 12.3 Å². The summed E-state index contributed by atoms with van der Waals surface area (Å²) in [5, 5.41) is 11.8. The minimum Gasteiger partial charge on any atom is -0.477 e. The summed E-state index contributed by atoms with van der Waals surface area (Å²) in [6, 6.07) is 7.14. The summed E-state index contributed by atoms with van der Waals surface area (Å²) in [6.45, 7) is 3.21. The number of nitriles is 1. The van der Waals surface area contributed by atoms with Gasteiger partial charge in [-0.25, -0.2) is 4.98 Å². The van der Waals surface area contributed by atoms with Gasteiger partial charge >= 0.3 is 0 Å². The molecule has 7 nitrogen and oxygen atoms in total. The molecule has 0 aliphatic rings. The Labute approximate surface area is 128 Å². The van der Waals surface area contributed by atoms with Crippen LogP contribution in [0.25, 0.3) is 0 Å². The smallest absolute Gasteiger partial charge is 0.270 e. The van der Waals surface area contributed by atoms with E-state index in [-0.39, 0.29) is 28.7 Å². The lowest BCUT2D eigenvalue weighted by atomic mass is 10.2. The molecule has 114 valence electrons.